The molecular weight excluding hydrogens is 184 g/mol. The van der Waals surface area contributed by atoms with Crippen LogP contribution in [0.25, 0.3) is 0 Å². The average molecular weight is 202 g/mol. The Balaban J connectivity index is 2.28. The monoisotopic (exact) mass is 202 g/mol. The van der Waals surface area contributed by atoms with Crippen LogP contribution in [0, 0.1) is 0 Å². The molecule has 0 radical (unpaired) electrons. The highest BCUT2D eigenvalue weighted by atomic mass is 16.1. The highest BCUT2D eigenvalue weighted by Crippen LogP contribution is 2.32. The van der Waals surface area contributed by atoms with Crippen LogP contribution in [0.1, 0.15) is 56.1 Å². The summed E-state index contributed by atoms with van der Waals surface area (Å²) in [6.45, 7) is 4.38. The SMILES string of the molecule is CC(C)c1cccc(C2CCCC2=O)c1. The van der Waals surface area contributed by atoms with Gasteiger partial charge in [-0.2, -0.15) is 0 Å². The summed E-state index contributed by atoms with van der Waals surface area (Å²) in [6.07, 6.45) is 2.88. The van der Waals surface area contributed by atoms with E-state index in [2.05, 4.69) is 38.1 Å². The molecule has 0 N–H and O–H groups in total. The molecule has 0 spiro atoms. The zero-order chi connectivity index (χ0) is 10.8. The first-order valence-corrected chi connectivity index (χ1v) is 5.81. The van der Waals surface area contributed by atoms with Crippen molar-refractivity contribution in [3.05, 3.63) is 35.4 Å². The summed E-state index contributed by atoms with van der Waals surface area (Å²) in [7, 11) is 0. The third-order valence-corrected chi connectivity index (χ3v) is 3.28. The van der Waals surface area contributed by atoms with Crippen LogP contribution in [0.2, 0.25) is 0 Å². The van der Waals surface area contributed by atoms with Crippen molar-refractivity contribution in [3.8, 4) is 0 Å². The number of Topliss-reactive ketones (excluding diaryl/α,β-unsaturated/α-hetero) is 1. The minimum atomic E-state index is 0.184. The minimum absolute atomic E-state index is 0.184. The van der Waals surface area contributed by atoms with E-state index in [1.807, 2.05) is 0 Å². The number of ketones is 1. The molecule has 0 amide bonds. The fraction of sp³-hybridized carbons (Fsp3) is 0.500. The Labute approximate surface area is 91.5 Å². The highest BCUT2D eigenvalue weighted by Gasteiger charge is 2.25. The summed E-state index contributed by atoms with van der Waals surface area (Å²) in [4.78, 5) is 11.7. The third kappa shape index (κ3) is 2.11. The number of carbonyl (C=O) groups excluding carboxylic acids is 1. The molecule has 0 saturated heterocycles. The van der Waals surface area contributed by atoms with Crippen LogP contribution in [0.4, 0.5) is 0 Å². The zero-order valence-corrected chi connectivity index (χ0v) is 9.49. The van der Waals surface area contributed by atoms with E-state index in [0.717, 1.165) is 19.3 Å². The molecule has 1 heteroatoms. The molecule has 1 aromatic carbocycles. The van der Waals surface area contributed by atoms with Gasteiger partial charge >= 0.3 is 0 Å². The Hall–Kier alpha value is -1.11. The Kier molecular flexibility index (Phi) is 2.90. The van der Waals surface area contributed by atoms with Crippen LogP contribution < -0.4 is 0 Å². The van der Waals surface area contributed by atoms with Gasteiger partial charge in [0.2, 0.25) is 0 Å². The summed E-state index contributed by atoms with van der Waals surface area (Å²) in [6, 6.07) is 8.53. The van der Waals surface area contributed by atoms with Gasteiger partial charge in [0, 0.05) is 12.3 Å². The van der Waals surface area contributed by atoms with Crippen LogP contribution >= 0.6 is 0 Å². The van der Waals surface area contributed by atoms with E-state index in [-0.39, 0.29) is 5.92 Å². The molecule has 80 valence electrons. The lowest BCUT2D eigenvalue weighted by Gasteiger charge is -2.12. The molecule has 1 fully saturated rings. The summed E-state index contributed by atoms with van der Waals surface area (Å²) in [5.41, 5.74) is 2.57. The van der Waals surface area contributed by atoms with Crippen molar-refractivity contribution in [1.82, 2.24) is 0 Å². The molecule has 0 aromatic heterocycles. The maximum absolute atomic E-state index is 11.7. The molecule has 1 atom stereocenters. The van der Waals surface area contributed by atoms with E-state index in [4.69, 9.17) is 0 Å². The van der Waals surface area contributed by atoms with Crippen molar-refractivity contribution in [2.75, 3.05) is 0 Å². The second kappa shape index (κ2) is 4.18. The predicted octanol–water partition coefficient (Wildman–Crippen LogP) is 3.65. The van der Waals surface area contributed by atoms with Crippen molar-refractivity contribution in [2.24, 2.45) is 0 Å². The summed E-state index contributed by atoms with van der Waals surface area (Å²) >= 11 is 0. The lowest BCUT2D eigenvalue weighted by Crippen LogP contribution is -2.04. The first-order valence-electron chi connectivity index (χ1n) is 5.81. The fourth-order valence-corrected chi connectivity index (χ4v) is 2.30. The fourth-order valence-electron chi connectivity index (χ4n) is 2.30. The lowest BCUT2D eigenvalue weighted by atomic mass is 9.92. The second-order valence-corrected chi connectivity index (χ2v) is 4.74. The van der Waals surface area contributed by atoms with Gasteiger partial charge in [-0.25, -0.2) is 0 Å². The number of hydrogen-bond acceptors (Lipinski definition) is 1. The van der Waals surface area contributed by atoms with Crippen LogP contribution in [0.5, 0.6) is 0 Å². The summed E-state index contributed by atoms with van der Waals surface area (Å²) < 4.78 is 0. The third-order valence-electron chi connectivity index (χ3n) is 3.28. The average Bonchev–Trinajstić information content (AvgIpc) is 2.64. The van der Waals surface area contributed by atoms with Crippen molar-refractivity contribution < 1.29 is 4.79 Å². The van der Waals surface area contributed by atoms with E-state index in [1.165, 1.54) is 11.1 Å². The Bertz CT molecular complexity index is 365. The van der Waals surface area contributed by atoms with Gasteiger partial charge in [-0.1, -0.05) is 38.1 Å². The number of benzene rings is 1. The lowest BCUT2D eigenvalue weighted by molar-refractivity contribution is -0.118. The Morgan fingerprint density at radius 2 is 2.13 bits per heavy atom. The molecule has 1 aliphatic rings. The quantitative estimate of drug-likeness (QED) is 0.715. The molecule has 0 heterocycles. The van der Waals surface area contributed by atoms with Gasteiger partial charge in [0.05, 0.1) is 0 Å². The number of rotatable bonds is 2. The largest absolute Gasteiger partial charge is 0.299 e. The van der Waals surface area contributed by atoms with Crippen LogP contribution in [0.15, 0.2) is 24.3 Å². The van der Waals surface area contributed by atoms with E-state index >= 15 is 0 Å². The smallest absolute Gasteiger partial charge is 0.140 e. The molecule has 2 rings (SSSR count). The molecule has 0 bridgehead atoms. The van der Waals surface area contributed by atoms with Gasteiger partial charge in [0.1, 0.15) is 5.78 Å². The first-order chi connectivity index (χ1) is 7.18. The molecule has 1 nitrogen and oxygen atoms in total. The van der Waals surface area contributed by atoms with Gasteiger partial charge in [-0.05, 0) is 29.9 Å². The molecule has 1 aromatic rings. The molecule has 0 aliphatic heterocycles. The summed E-state index contributed by atoms with van der Waals surface area (Å²) in [5, 5.41) is 0. The Morgan fingerprint density at radius 1 is 1.33 bits per heavy atom. The maximum atomic E-state index is 11.7. The van der Waals surface area contributed by atoms with Crippen LogP contribution in [-0.2, 0) is 4.79 Å². The topological polar surface area (TPSA) is 17.1 Å². The molecule has 1 unspecified atom stereocenters. The number of hydrogen-bond donors (Lipinski definition) is 0. The van der Waals surface area contributed by atoms with Crippen molar-refractivity contribution in [3.63, 3.8) is 0 Å². The van der Waals surface area contributed by atoms with E-state index in [9.17, 15) is 4.79 Å². The van der Waals surface area contributed by atoms with Crippen molar-refractivity contribution in [2.45, 2.75) is 44.9 Å². The molecule has 15 heavy (non-hydrogen) atoms. The summed E-state index contributed by atoms with van der Waals surface area (Å²) in [5.74, 6) is 1.15. The van der Waals surface area contributed by atoms with Crippen molar-refractivity contribution >= 4 is 5.78 Å². The molecule has 1 saturated carbocycles. The second-order valence-electron chi connectivity index (χ2n) is 4.74. The molecular formula is C14H18O. The zero-order valence-electron chi connectivity index (χ0n) is 9.49. The Morgan fingerprint density at radius 3 is 2.73 bits per heavy atom. The van der Waals surface area contributed by atoms with Gasteiger partial charge in [0.15, 0.2) is 0 Å². The highest BCUT2D eigenvalue weighted by molar-refractivity contribution is 5.87. The normalized spacial score (nSPS) is 21.3. The van der Waals surface area contributed by atoms with E-state index in [1.54, 1.807) is 0 Å². The van der Waals surface area contributed by atoms with E-state index in [0.29, 0.717) is 11.7 Å². The molecule has 1 aliphatic carbocycles. The minimum Gasteiger partial charge on any atom is -0.299 e. The van der Waals surface area contributed by atoms with Gasteiger partial charge in [-0.3, -0.25) is 4.79 Å². The standard InChI is InChI=1S/C14H18O/c1-10(2)11-5-3-6-12(9-11)13-7-4-8-14(13)15/h3,5-6,9-10,13H,4,7-8H2,1-2H3. The van der Waals surface area contributed by atoms with E-state index < -0.39 is 0 Å². The number of carbonyl (C=O) groups is 1. The van der Waals surface area contributed by atoms with Gasteiger partial charge in [0.25, 0.3) is 0 Å². The van der Waals surface area contributed by atoms with Crippen molar-refractivity contribution in [1.29, 1.82) is 0 Å². The first kappa shape index (κ1) is 10.4. The van der Waals surface area contributed by atoms with Gasteiger partial charge in [-0.15, -0.1) is 0 Å². The van der Waals surface area contributed by atoms with Crippen LogP contribution in [0.3, 0.4) is 0 Å². The van der Waals surface area contributed by atoms with Crippen LogP contribution in [-0.4, -0.2) is 5.78 Å². The van der Waals surface area contributed by atoms with Gasteiger partial charge < -0.3 is 0 Å². The predicted molar refractivity (Wildman–Crippen MR) is 62.1 cm³/mol. The maximum Gasteiger partial charge on any atom is 0.140 e.